The van der Waals surface area contributed by atoms with Crippen molar-refractivity contribution in [3.8, 4) is 5.75 Å². The molecule has 1 N–H and O–H groups in total. The van der Waals surface area contributed by atoms with E-state index in [-0.39, 0.29) is 5.56 Å². The first-order chi connectivity index (χ1) is 17.7. The summed E-state index contributed by atoms with van der Waals surface area (Å²) in [7, 11) is 1.65. The molecule has 10 heteroatoms. The second-order valence-electron chi connectivity index (χ2n) is 8.75. The minimum atomic E-state index is -0.404. The molecule has 1 aliphatic rings. The van der Waals surface area contributed by atoms with Gasteiger partial charge < -0.3 is 19.4 Å². The third-order valence-corrected chi connectivity index (χ3v) is 6.56. The lowest BCUT2D eigenvalue weighted by Crippen LogP contribution is -2.49. The molecular formula is C26H31N7O3. The fourth-order valence-corrected chi connectivity index (χ4v) is 4.78. The number of aromatic amines is 1. The van der Waals surface area contributed by atoms with Crippen molar-refractivity contribution in [3.63, 3.8) is 0 Å². The van der Waals surface area contributed by atoms with Crippen molar-refractivity contribution in [1.82, 2.24) is 30.1 Å². The summed E-state index contributed by atoms with van der Waals surface area (Å²) in [4.78, 5) is 21.1. The van der Waals surface area contributed by atoms with Crippen molar-refractivity contribution < 1.29 is 9.47 Å². The summed E-state index contributed by atoms with van der Waals surface area (Å²) in [5.74, 6) is 1.40. The summed E-state index contributed by atoms with van der Waals surface area (Å²) in [6, 6.07) is 17.6. The Balaban J connectivity index is 1.53. The Bertz CT molecular complexity index is 1350. The van der Waals surface area contributed by atoms with Crippen molar-refractivity contribution in [2.75, 3.05) is 51.4 Å². The van der Waals surface area contributed by atoms with Gasteiger partial charge in [-0.05, 0) is 53.7 Å². The predicted octanol–water partition coefficient (Wildman–Crippen LogP) is 2.47. The average Bonchev–Trinajstić information content (AvgIpc) is 3.37. The van der Waals surface area contributed by atoms with Crippen LogP contribution in [0.5, 0.6) is 5.75 Å². The van der Waals surface area contributed by atoms with Crippen LogP contribution in [0.15, 0.2) is 59.4 Å². The molecule has 10 nitrogen and oxygen atoms in total. The molecule has 1 aliphatic heterocycles. The lowest BCUT2D eigenvalue weighted by molar-refractivity contribution is 0.171. The number of ether oxygens (including phenoxy) is 2. The lowest BCUT2D eigenvalue weighted by Gasteiger charge is -2.39. The molecule has 0 radical (unpaired) electrons. The van der Waals surface area contributed by atoms with Gasteiger partial charge in [-0.25, -0.2) is 4.68 Å². The van der Waals surface area contributed by atoms with Gasteiger partial charge in [0.25, 0.3) is 5.56 Å². The molecular weight excluding hydrogens is 458 g/mol. The largest absolute Gasteiger partial charge is 0.494 e. The molecule has 0 aliphatic carbocycles. The van der Waals surface area contributed by atoms with Gasteiger partial charge in [0.1, 0.15) is 11.8 Å². The number of hydrogen-bond donors (Lipinski definition) is 1. The normalized spacial score (nSPS) is 15.3. The zero-order valence-electron chi connectivity index (χ0n) is 20.6. The van der Waals surface area contributed by atoms with Crippen LogP contribution in [0.1, 0.15) is 24.4 Å². The number of fused-ring (bicyclic) bond motifs is 1. The number of nitrogens with one attached hydrogen (secondary N) is 1. The van der Waals surface area contributed by atoms with E-state index in [0.717, 1.165) is 42.8 Å². The Labute approximate surface area is 209 Å². The molecule has 2 aromatic heterocycles. The first-order valence-corrected chi connectivity index (χ1v) is 12.3. The van der Waals surface area contributed by atoms with E-state index in [9.17, 15) is 4.79 Å². The molecule has 0 bridgehead atoms. The lowest BCUT2D eigenvalue weighted by atomic mass is 10.0. The number of para-hydroxylation sites is 1. The Hall–Kier alpha value is -3.76. The van der Waals surface area contributed by atoms with Crippen LogP contribution in [-0.2, 0) is 11.3 Å². The number of nitrogens with zero attached hydrogens (tertiary/aromatic N) is 6. The maximum Gasteiger partial charge on any atom is 0.253 e. The highest BCUT2D eigenvalue weighted by Gasteiger charge is 2.32. The summed E-state index contributed by atoms with van der Waals surface area (Å²) < 4.78 is 12.7. The van der Waals surface area contributed by atoms with Crippen LogP contribution in [0.4, 0.5) is 5.69 Å². The van der Waals surface area contributed by atoms with E-state index in [0.29, 0.717) is 31.1 Å². The molecule has 5 rings (SSSR count). The van der Waals surface area contributed by atoms with Crippen LogP contribution in [0.25, 0.3) is 10.9 Å². The SMILES string of the molecule is CCOc1ccc2[nH]c(=O)c([C@@H](c3nnnn3CCOC)N3CCN(c4ccccc4)CC3)cc2c1. The number of benzene rings is 2. The molecule has 3 heterocycles. The maximum absolute atomic E-state index is 13.4. The van der Waals surface area contributed by atoms with Gasteiger partial charge in [0.2, 0.25) is 0 Å². The number of aromatic nitrogens is 5. The number of piperazine rings is 1. The van der Waals surface area contributed by atoms with Crippen molar-refractivity contribution in [2.45, 2.75) is 19.5 Å². The first kappa shape index (κ1) is 24.0. The molecule has 36 heavy (non-hydrogen) atoms. The second-order valence-corrected chi connectivity index (χ2v) is 8.75. The van der Waals surface area contributed by atoms with E-state index in [1.807, 2.05) is 37.3 Å². The van der Waals surface area contributed by atoms with Gasteiger partial charge in [0, 0.05) is 55.4 Å². The number of H-pyrrole nitrogens is 1. The van der Waals surface area contributed by atoms with Gasteiger partial charge in [0.15, 0.2) is 5.82 Å². The highest BCUT2D eigenvalue weighted by atomic mass is 16.5. The molecule has 0 spiro atoms. The number of hydrogen-bond acceptors (Lipinski definition) is 8. The van der Waals surface area contributed by atoms with Crippen LogP contribution in [0, 0.1) is 0 Å². The number of pyridine rings is 1. The van der Waals surface area contributed by atoms with E-state index in [1.165, 1.54) is 5.69 Å². The highest BCUT2D eigenvalue weighted by molar-refractivity contribution is 5.80. The third-order valence-electron chi connectivity index (χ3n) is 6.56. The van der Waals surface area contributed by atoms with Crippen LogP contribution >= 0.6 is 0 Å². The second kappa shape index (κ2) is 10.9. The minimum absolute atomic E-state index is 0.150. The molecule has 1 fully saturated rings. The molecule has 2 aromatic carbocycles. The molecule has 188 valence electrons. The monoisotopic (exact) mass is 489 g/mol. The zero-order valence-corrected chi connectivity index (χ0v) is 20.6. The van der Waals surface area contributed by atoms with Gasteiger partial charge in [-0.2, -0.15) is 0 Å². The molecule has 1 saturated heterocycles. The summed E-state index contributed by atoms with van der Waals surface area (Å²) in [5, 5.41) is 13.4. The summed E-state index contributed by atoms with van der Waals surface area (Å²) in [5.41, 5.74) is 2.42. The number of tetrazole rings is 1. The van der Waals surface area contributed by atoms with Crippen molar-refractivity contribution in [1.29, 1.82) is 0 Å². The fraction of sp³-hybridized carbons (Fsp3) is 0.385. The molecule has 0 saturated carbocycles. The summed E-state index contributed by atoms with van der Waals surface area (Å²) in [6.07, 6.45) is 0. The average molecular weight is 490 g/mol. The Morgan fingerprint density at radius 1 is 1.06 bits per heavy atom. The van der Waals surface area contributed by atoms with Crippen LogP contribution < -0.4 is 15.2 Å². The number of rotatable bonds is 9. The Morgan fingerprint density at radius 2 is 1.86 bits per heavy atom. The van der Waals surface area contributed by atoms with Gasteiger partial charge in [0.05, 0.1) is 19.8 Å². The van der Waals surface area contributed by atoms with E-state index in [2.05, 4.69) is 54.6 Å². The third kappa shape index (κ3) is 4.95. The standard InChI is InChI=1S/C26H31N7O3/c1-3-36-21-9-10-23-19(17-21)18-22(26(34)27-23)24(25-28-29-30-33(25)15-16-35-2)32-13-11-31(12-14-32)20-7-5-4-6-8-20/h4-10,17-18,24H,3,11-16H2,1-2H3,(H,27,34)/t24-/m0/s1. The van der Waals surface area contributed by atoms with Crippen molar-refractivity contribution >= 4 is 16.6 Å². The van der Waals surface area contributed by atoms with Gasteiger partial charge in [-0.1, -0.05) is 18.2 Å². The maximum atomic E-state index is 13.4. The van der Waals surface area contributed by atoms with Crippen molar-refractivity contribution in [2.24, 2.45) is 0 Å². The quantitative estimate of drug-likeness (QED) is 0.383. The number of anilines is 1. The van der Waals surface area contributed by atoms with Crippen molar-refractivity contribution in [3.05, 3.63) is 76.3 Å². The first-order valence-electron chi connectivity index (χ1n) is 12.3. The smallest absolute Gasteiger partial charge is 0.253 e. The fourth-order valence-electron chi connectivity index (χ4n) is 4.78. The van der Waals surface area contributed by atoms with E-state index < -0.39 is 6.04 Å². The van der Waals surface area contributed by atoms with E-state index >= 15 is 0 Å². The molecule has 1 atom stereocenters. The minimum Gasteiger partial charge on any atom is -0.494 e. The molecule has 4 aromatic rings. The van der Waals surface area contributed by atoms with Crippen LogP contribution in [0.2, 0.25) is 0 Å². The predicted molar refractivity (Wildman–Crippen MR) is 138 cm³/mol. The van der Waals surface area contributed by atoms with Crippen LogP contribution in [0.3, 0.4) is 0 Å². The summed E-state index contributed by atoms with van der Waals surface area (Å²) >= 11 is 0. The van der Waals surface area contributed by atoms with Gasteiger partial charge >= 0.3 is 0 Å². The summed E-state index contributed by atoms with van der Waals surface area (Å²) in [6.45, 7) is 6.68. The number of methoxy groups -OCH3 is 1. The van der Waals surface area contributed by atoms with Gasteiger partial charge in [-0.3, -0.25) is 9.69 Å². The molecule has 0 amide bonds. The van der Waals surface area contributed by atoms with Gasteiger partial charge in [-0.15, -0.1) is 5.10 Å². The van der Waals surface area contributed by atoms with Crippen LogP contribution in [-0.4, -0.2) is 76.6 Å². The highest BCUT2D eigenvalue weighted by Crippen LogP contribution is 2.29. The Kier molecular flexibility index (Phi) is 7.24. The zero-order chi connectivity index (χ0) is 24.9. The molecule has 0 unspecified atom stereocenters. The van der Waals surface area contributed by atoms with E-state index in [1.54, 1.807) is 11.8 Å². The Morgan fingerprint density at radius 3 is 2.61 bits per heavy atom. The van der Waals surface area contributed by atoms with E-state index in [4.69, 9.17) is 9.47 Å². The topological polar surface area (TPSA) is 101 Å².